The third kappa shape index (κ3) is 5.00. The van der Waals surface area contributed by atoms with Crippen LogP contribution >= 0.6 is 11.3 Å². The first-order valence-corrected chi connectivity index (χ1v) is 12.3. The van der Waals surface area contributed by atoms with Gasteiger partial charge in [-0.05, 0) is 35.4 Å². The summed E-state index contributed by atoms with van der Waals surface area (Å²) in [6, 6.07) is 7.17. The summed E-state index contributed by atoms with van der Waals surface area (Å²) in [6.07, 6.45) is -0.161. The largest absolute Gasteiger partial charge is 0.486 e. The first-order chi connectivity index (χ1) is 18.3. The van der Waals surface area contributed by atoms with E-state index >= 15 is 0 Å². The standard InChI is InChI=1S/C25H21FN4O7S/c1-35-23(33)16-12-38-24(27-16)29-21(31)17(10-13-3-2-4-15(26)9-13)30-22(32)20(28-25(30)34)14-5-6-18-19(11-14)37-8-7-36-18/h2-6,9,11-12,17,20H,7-8,10H2,1H3,(H,28,34)(H,27,29,31). The van der Waals surface area contributed by atoms with Crippen LogP contribution in [0.4, 0.5) is 14.3 Å². The highest BCUT2D eigenvalue weighted by Gasteiger charge is 2.45. The van der Waals surface area contributed by atoms with E-state index in [4.69, 9.17) is 9.47 Å². The Kier molecular flexibility index (Phi) is 6.92. The van der Waals surface area contributed by atoms with Gasteiger partial charge in [0.2, 0.25) is 5.91 Å². The molecule has 5 rings (SSSR count). The molecule has 0 aliphatic carbocycles. The van der Waals surface area contributed by atoms with E-state index in [0.717, 1.165) is 16.2 Å². The Morgan fingerprint density at radius 2 is 2.00 bits per heavy atom. The van der Waals surface area contributed by atoms with Gasteiger partial charge in [-0.3, -0.25) is 9.59 Å². The topological polar surface area (TPSA) is 136 Å². The molecule has 0 saturated carbocycles. The molecule has 38 heavy (non-hydrogen) atoms. The highest BCUT2D eigenvalue weighted by molar-refractivity contribution is 7.14. The summed E-state index contributed by atoms with van der Waals surface area (Å²) in [7, 11) is 1.20. The van der Waals surface area contributed by atoms with E-state index in [9.17, 15) is 23.6 Å². The van der Waals surface area contributed by atoms with Crippen LogP contribution in [0.3, 0.4) is 0 Å². The fourth-order valence-electron chi connectivity index (χ4n) is 4.16. The lowest BCUT2D eigenvalue weighted by Gasteiger charge is -2.24. The van der Waals surface area contributed by atoms with Crippen molar-refractivity contribution in [2.24, 2.45) is 0 Å². The number of carbonyl (C=O) groups excluding carboxylic acids is 4. The second-order valence-corrected chi connectivity index (χ2v) is 9.22. The molecule has 0 radical (unpaired) electrons. The Bertz CT molecular complexity index is 1430. The first-order valence-electron chi connectivity index (χ1n) is 11.5. The maximum atomic E-state index is 13.9. The zero-order valence-electron chi connectivity index (χ0n) is 19.9. The van der Waals surface area contributed by atoms with Gasteiger partial charge >= 0.3 is 12.0 Å². The fraction of sp³-hybridized carbons (Fsp3) is 0.240. The van der Waals surface area contributed by atoms with Crippen LogP contribution in [0.2, 0.25) is 0 Å². The Labute approximate surface area is 219 Å². The number of amides is 4. The zero-order valence-corrected chi connectivity index (χ0v) is 20.7. The maximum absolute atomic E-state index is 13.9. The summed E-state index contributed by atoms with van der Waals surface area (Å²) < 4.78 is 29.6. The lowest BCUT2D eigenvalue weighted by Crippen LogP contribution is -2.49. The van der Waals surface area contributed by atoms with Crippen LogP contribution in [-0.4, -0.2) is 60.1 Å². The number of halogens is 1. The monoisotopic (exact) mass is 540 g/mol. The molecular formula is C25H21FN4O7S. The van der Waals surface area contributed by atoms with Crippen LogP contribution in [0.15, 0.2) is 47.8 Å². The number of ether oxygens (including phenoxy) is 3. The van der Waals surface area contributed by atoms with Crippen LogP contribution in [0.5, 0.6) is 11.5 Å². The van der Waals surface area contributed by atoms with Gasteiger partial charge in [-0.2, -0.15) is 0 Å². The van der Waals surface area contributed by atoms with Gasteiger partial charge in [0.05, 0.1) is 7.11 Å². The number of hydrogen-bond acceptors (Lipinski definition) is 9. The highest BCUT2D eigenvalue weighted by atomic mass is 32.1. The number of rotatable bonds is 7. The van der Waals surface area contributed by atoms with E-state index in [1.165, 1.54) is 30.7 Å². The van der Waals surface area contributed by atoms with Crippen LogP contribution < -0.4 is 20.1 Å². The van der Waals surface area contributed by atoms with Crippen LogP contribution in [0.1, 0.15) is 27.7 Å². The molecule has 11 nitrogen and oxygen atoms in total. The van der Waals surface area contributed by atoms with E-state index in [1.807, 2.05) is 0 Å². The molecule has 2 atom stereocenters. The minimum absolute atomic E-state index is 0.0110. The maximum Gasteiger partial charge on any atom is 0.357 e. The molecule has 1 aromatic heterocycles. The number of urea groups is 1. The van der Waals surface area contributed by atoms with Crippen molar-refractivity contribution in [3.05, 3.63) is 70.5 Å². The van der Waals surface area contributed by atoms with E-state index in [1.54, 1.807) is 24.3 Å². The number of imide groups is 1. The van der Waals surface area contributed by atoms with Gasteiger partial charge in [-0.25, -0.2) is 23.9 Å². The summed E-state index contributed by atoms with van der Waals surface area (Å²) in [6.45, 7) is 0.744. The van der Waals surface area contributed by atoms with Crippen molar-refractivity contribution in [2.45, 2.75) is 18.5 Å². The Balaban J connectivity index is 1.43. The molecule has 3 heterocycles. The van der Waals surface area contributed by atoms with Crippen LogP contribution in [-0.2, 0) is 20.7 Å². The number of fused-ring (bicyclic) bond motifs is 1. The number of carbonyl (C=O) groups is 4. The van der Waals surface area contributed by atoms with E-state index in [0.29, 0.717) is 35.8 Å². The molecule has 13 heteroatoms. The lowest BCUT2D eigenvalue weighted by molar-refractivity contribution is -0.134. The predicted molar refractivity (Wildman–Crippen MR) is 132 cm³/mol. The summed E-state index contributed by atoms with van der Waals surface area (Å²) >= 11 is 0.969. The van der Waals surface area contributed by atoms with Crippen molar-refractivity contribution in [3.63, 3.8) is 0 Å². The van der Waals surface area contributed by atoms with E-state index in [2.05, 4.69) is 20.4 Å². The van der Waals surface area contributed by atoms with Gasteiger partial charge in [0.1, 0.15) is 31.1 Å². The van der Waals surface area contributed by atoms with Gasteiger partial charge in [-0.15, -0.1) is 11.3 Å². The number of hydrogen-bond donors (Lipinski definition) is 2. The number of esters is 1. The predicted octanol–water partition coefficient (Wildman–Crippen LogP) is 2.68. The molecule has 2 unspecified atom stereocenters. The minimum Gasteiger partial charge on any atom is -0.486 e. The van der Waals surface area contributed by atoms with Crippen molar-refractivity contribution >= 4 is 40.3 Å². The molecule has 4 amide bonds. The molecule has 1 fully saturated rings. The first kappa shape index (κ1) is 25.1. The zero-order chi connectivity index (χ0) is 26.8. The SMILES string of the molecule is COC(=O)c1csc(NC(=O)C(Cc2cccc(F)c2)N2C(=O)NC(c3ccc4c(c3)OCCO4)C2=O)n1. The normalized spacial score (nSPS) is 17.1. The Morgan fingerprint density at radius 1 is 1.21 bits per heavy atom. The molecule has 0 spiro atoms. The average molecular weight is 541 g/mol. The number of aromatic nitrogens is 1. The summed E-state index contributed by atoms with van der Waals surface area (Å²) in [4.78, 5) is 56.5. The van der Waals surface area contributed by atoms with Crippen molar-refractivity contribution < 1.29 is 37.8 Å². The molecule has 2 aromatic carbocycles. The van der Waals surface area contributed by atoms with Crippen molar-refractivity contribution in [3.8, 4) is 11.5 Å². The van der Waals surface area contributed by atoms with E-state index in [-0.39, 0.29) is 17.2 Å². The number of nitrogens with zero attached hydrogens (tertiary/aromatic N) is 2. The van der Waals surface area contributed by atoms with Crippen LogP contribution in [0.25, 0.3) is 0 Å². The van der Waals surface area contributed by atoms with Gasteiger partial charge in [0, 0.05) is 11.8 Å². The number of thiazole rings is 1. The molecule has 3 aromatic rings. The molecule has 0 bridgehead atoms. The van der Waals surface area contributed by atoms with Crippen molar-refractivity contribution in [2.75, 3.05) is 25.6 Å². The van der Waals surface area contributed by atoms with E-state index < -0.39 is 41.7 Å². The minimum atomic E-state index is -1.35. The number of nitrogens with one attached hydrogen (secondary N) is 2. The molecule has 2 aliphatic heterocycles. The molecule has 2 N–H and O–H groups in total. The number of methoxy groups -OCH3 is 1. The third-order valence-electron chi connectivity index (χ3n) is 5.93. The molecular weight excluding hydrogens is 519 g/mol. The highest BCUT2D eigenvalue weighted by Crippen LogP contribution is 2.35. The molecule has 1 saturated heterocycles. The Hall–Kier alpha value is -4.52. The van der Waals surface area contributed by atoms with Crippen LogP contribution in [0, 0.1) is 5.82 Å². The van der Waals surface area contributed by atoms with Crippen molar-refractivity contribution in [1.29, 1.82) is 0 Å². The van der Waals surface area contributed by atoms with Crippen molar-refractivity contribution in [1.82, 2.24) is 15.2 Å². The Morgan fingerprint density at radius 3 is 2.76 bits per heavy atom. The number of anilines is 1. The molecule has 196 valence electrons. The third-order valence-corrected chi connectivity index (χ3v) is 6.69. The molecule has 2 aliphatic rings. The second-order valence-electron chi connectivity index (χ2n) is 8.36. The summed E-state index contributed by atoms with van der Waals surface area (Å²) in [5.41, 5.74) is 0.828. The lowest BCUT2D eigenvalue weighted by atomic mass is 10.0. The van der Waals surface area contributed by atoms with Gasteiger partial charge in [0.15, 0.2) is 22.3 Å². The second kappa shape index (κ2) is 10.5. The average Bonchev–Trinajstić information content (AvgIpc) is 3.50. The number of benzene rings is 2. The van der Waals surface area contributed by atoms with Gasteiger partial charge in [-0.1, -0.05) is 18.2 Å². The summed E-state index contributed by atoms with van der Waals surface area (Å²) in [5, 5.41) is 6.62. The van der Waals surface area contributed by atoms with Gasteiger partial charge < -0.3 is 24.8 Å². The van der Waals surface area contributed by atoms with Gasteiger partial charge in [0.25, 0.3) is 5.91 Å². The quantitative estimate of drug-likeness (QED) is 0.345. The fourth-order valence-corrected chi connectivity index (χ4v) is 4.84. The summed E-state index contributed by atoms with van der Waals surface area (Å²) in [5.74, 6) is -1.67. The smallest absolute Gasteiger partial charge is 0.357 e.